The maximum absolute atomic E-state index is 13.0. The van der Waals surface area contributed by atoms with Crippen molar-refractivity contribution < 1.29 is 14.3 Å². The van der Waals surface area contributed by atoms with Crippen LogP contribution in [0.2, 0.25) is 0 Å². The molecule has 1 atom stereocenters. The number of aryl methyl sites for hydroxylation is 1. The Morgan fingerprint density at radius 2 is 2.19 bits per heavy atom. The number of carbonyl (C=O) groups is 2. The SMILES string of the molecule is CCCC(=O)OCN(C(=O)C(C)CSC)c1sc(-c2cccnc2)nc1C. The molecule has 0 aromatic carbocycles. The lowest BCUT2D eigenvalue weighted by atomic mass is 10.2. The molecule has 0 aliphatic rings. The van der Waals surface area contributed by atoms with Gasteiger partial charge in [0.2, 0.25) is 5.91 Å². The zero-order valence-corrected chi connectivity index (χ0v) is 17.7. The van der Waals surface area contributed by atoms with Gasteiger partial charge in [-0.2, -0.15) is 11.8 Å². The van der Waals surface area contributed by atoms with E-state index in [9.17, 15) is 9.59 Å². The van der Waals surface area contributed by atoms with E-state index in [1.807, 2.05) is 39.2 Å². The van der Waals surface area contributed by atoms with Crippen LogP contribution in [-0.2, 0) is 14.3 Å². The minimum Gasteiger partial charge on any atom is -0.444 e. The van der Waals surface area contributed by atoms with E-state index in [1.165, 1.54) is 11.3 Å². The lowest BCUT2D eigenvalue weighted by Crippen LogP contribution is -2.38. The van der Waals surface area contributed by atoms with Gasteiger partial charge in [0, 0.05) is 36.0 Å². The third kappa shape index (κ3) is 5.77. The molecule has 6 nitrogen and oxygen atoms in total. The molecule has 8 heteroatoms. The summed E-state index contributed by atoms with van der Waals surface area (Å²) in [6, 6.07) is 3.78. The van der Waals surface area contributed by atoms with Gasteiger partial charge < -0.3 is 4.74 Å². The van der Waals surface area contributed by atoms with Gasteiger partial charge in [0.25, 0.3) is 0 Å². The Morgan fingerprint density at radius 1 is 1.41 bits per heavy atom. The Morgan fingerprint density at radius 3 is 2.81 bits per heavy atom. The summed E-state index contributed by atoms with van der Waals surface area (Å²) in [4.78, 5) is 35.1. The Hall–Kier alpha value is -1.93. The zero-order valence-electron chi connectivity index (χ0n) is 16.1. The number of carbonyl (C=O) groups excluding carboxylic acids is 2. The number of ether oxygens (including phenoxy) is 1. The first-order chi connectivity index (χ1) is 13.0. The van der Waals surface area contributed by atoms with Crippen LogP contribution in [-0.4, -0.2) is 40.6 Å². The van der Waals surface area contributed by atoms with E-state index in [-0.39, 0.29) is 24.5 Å². The van der Waals surface area contributed by atoms with E-state index in [0.29, 0.717) is 23.6 Å². The van der Waals surface area contributed by atoms with Crippen LogP contribution in [0.1, 0.15) is 32.4 Å². The maximum atomic E-state index is 13.0. The van der Waals surface area contributed by atoms with Crippen molar-refractivity contribution in [2.75, 3.05) is 23.6 Å². The maximum Gasteiger partial charge on any atom is 0.307 e. The van der Waals surface area contributed by atoms with Crippen molar-refractivity contribution in [1.29, 1.82) is 0 Å². The average molecular weight is 408 g/mol. The summed E-state index contributed by atoms with van der Waals surface area (Å²) in [6.45, 7) is 5.57. The molecule has 0 aliphatic carbocycles. The number of thiazole rings is 1. The van der Waals surface area contributed by atoms with Crippen LogP contribution < -0.4 is 4.90 Å². The smallest absolute Gasteiger partial charge is 0.307 e. The summed E-state index contributed by atoms with van der Waals surface area (Å²) < 4.78 is 5.34. The van der Waals surface area contributed by atoms with Gasteiger partial charge in [-0.3, -0.25) is 19.5 Å². The summed E-state index contributed by atoms with van der Waals surface area (Å²) in [6.07, 6.45) is 6.46. The van der Waals surface area contributed by atoms with Crippen molar-refractivity contribution in [2.45, 2.75) is 33.6 Å². The average Bonchev–Trinajstić information content (AvgIpc) is 3.04. The molecule has 0 spiro atoms. The van der Waals surface area contributed by atoms with Crippen LogP contribution >= 0.6 is 23.1 Å². The van der Waals surface area contributed by atoms with E-state index in [2.05, 4.69) is 9.97 Å². The number of nitrogens with zero attached hydrogens (tertiary/aromatic N) is 3. The fourth-order valence-electron chi connectivity index (χ4n) is 2.47. The predicted octanol–water partition coefficient (Wildman–Crippen LogP) is 4.15. The van der Waals surface area contributed by atoms with Gasteiger partial charge in [0.05, 0.1) is 5.69 Å². The van der Waals surface area contributed by atoms with Crippen molar-refractivity contribution in [2.24, 2.45) is 5.92 Å². The van der Waals surface area contributed by atoms with E-state index in [4.69, 9.17) is 4.74 Å². The molecule has 0 saturated heterocycles. The molecule has 2 rings (SSSR count). The van der Waals surface area contributed by atoms with Crippen LogP contribution in [0.25, 0.3) is 10.6 Å². The fourth-order valence-corrected chi connectivity index (χ4v) is 4.17. The predicted molar refractivity (Wildman–Crippen MR) is 111 cm³/mol. The van der Waals surface area contributed by atoms with Crippen LogP contribution in [0, 0.1) is 12.8 Å². The van der Waals surface area contributed by atoms with Crippen molar-refractivity contribution >= 4 is 40.0 Å². The van der Waals surface area contributed by atoms with Gasteiger partial charge in [-0.15, -0.1) is 0 Å². The first-order valence-corrected chi connectivity index (χ1v) is 11.0. The molecule has 1 amide bonds. The number of anilines is 1. The first kappa shape index (κ1) is 21.4. The Bertz CT molecular complexity index is 765. The summed E-state index contributed by atoms with van der Waals surface area (Å²) in [5, 5.41) is 1.49. The van der Waals surface area contributed by atoms with Crippen LogP contribution in [0.4, 0.5) is 5.00 Å². The minimum absolute atomic E-state index is 0.0712. The summed E-state index contributed by atoms with van der Waals surface area (Å²) in [7, 11) is 0. The number of aromatic nitrogens is 2. The highest BCUT2D eigenvalue weighted by atomic mass is 32.2. The van der Waals surface area contributed by atoms with Crippen molar-refractivity contribution in [3.63, 3.8) is 0 Å². The van der Waals surface area contributed by atoms with Gasteiger partial charge in [-0.1, -0.05) is 25.2 Å². The van der Waals surface area contributed by atoms with Gasteiger partial charge in [0.15, 0.2) is 6.73 Å². The number of pyridine rings is 1. The van der Waals surface area contributed by atoms with Crippen molar-refractivity contribution in [3.05, 3.63) is 30.2 Å². The normalized spacial score (nSPS) is 11.9. The van der Waals surface area contributed by atoms with Crippen LogP contribution in [0.3, 0.4) is 0 Å². The molecule has 0 bridgehead atoms. The van der Waals surface area contributed by atoms with E-state index in [1.54, 1.807) is 29.1 Å². The lowest BCUT2D eigenvalue weighted by molar-refractivity contribution is -0.144. The van der Waals surface area contributed by atoms with E-state index in [0.717, 1.165) is 16.3 Å². The number of hydrogen-bond acceptors (Lipinski definition) is 7. The third-order valence-corrected chi connectivity index (χ3v) is 5.90. The Kier molecular flexibility index (Phi) is 8.24. The number of rotatable bonds is 9. The zero-order chi connectivity index (χ0) is 19.8. The topological polar surface area (TPSA) is 72.4 Å². The summed E-state index contributed by atoms with van der Waals surface area (Å²) in [5.74, 6) is 0.139. The molecule has 0 fully saturated rings. The molecule has 1 unspecified atom stereocenters. The highest BCUT2D eigenvalue weighted by molar-refractivity contribution is 7.98. The second kappa shape index (κ2) is 10.4. The summed E-state index contributed by atoms with van der Waals surface area (Å²) >= 11 is 3.02. The molecule has 0 saturated carbocycles. The molecule has 2 aromatic heterocycles. The second-order valence-corrected chi connectivity index (χ2v) is 8.06. The molecule has 146 valence electrons. The molecular weight excluding hydrogens is 382 g/mol. The molecule has 0 N–H and O–H groups in total. The lowest BCUT2D eigenvalue weighted by Gasteiger charge is -2.24. The van der Waals surface area contributed by atoms with Gasteiger partial charge in [-0.05, 0) is 31.7 Å². The molecular formula is C19H25N3O3S2. The Balaban J connectivity index is 2.30. The Labute approximate surface area is 168 Å². The van der Waals surface area contributed by atoms with Gasteiger partial charge in [0.1, 0.15) is 10.0 Å². The number of amides is 1. The monoisotopic (exact) mass is 407 g/mol. The van der Waals surface area contributed by atoms with Crippen molar-refractivity contribution in [1.82, 2.24) is 9.97 Å². The second-order valence-electron chi connectivity index (χ2n) is 6.17. The van der Waals surface area contributed by atoms with Crippen molar-refractivity contribution in [3.8, 4) is 10.6 Å². The first-order valence-electron chi connectivity index (χ1n) is 8.81. The largest absolute Gasteiger partial charge is 0.444 e. The fraction of sp³-hybridized carbons (Fsp3) is 0.474. The van der Waals surface area contributed by atoms with Gasteiger partial charge in [-0.25, -0.2) is 4.98 Å². The minimum atomic E-state index is -0.303. The number of hydrogen-bond donors (Lipinski definition) is 0. The quantitative estimate of drug-likeness (QED) is 0.459. The van der Waals surface area contributed by atoms with Gasteiger partial charge >= 0.3 is 5.97 Å². The molecule has 2 aromatic rings. The van der Waals surface area contributed by atoms with E-state index < -0.39 is 0 Å². The highest BCUT2D eigenvalue weighted by Gasteiger charge is 2.26. The molecule has 2 heterocycles. The number of thioether (sulfide) groups is 1. The van der Waals surface area contributed by atoms with E-state index >= 15 is 0 Å². The standard InChI is InChI=1S/C19H25N3O3S2/c1-5-7-16(23)25-12-22(18(24)13(2)11-26-4)19-14(3)21-17(27-19)15-8-6-9-20-10-15/h6,8-10,13H,5,7,11-12H2,1-4H3. The number of esters is 1. The van der Waals surface area contributed by atoms with Crippen LogP contribution in [0.5, 0.6) is 0 Å². The highest BCUT2D eigenvalue weighted by Crippen LogP contribution is 2.35. The molecule has 0 radical (unpaired) electrons. The summed E-state index contributed by atoms with van der Waals surface area (Å²) in [5.41, 5.74) is 1.62. The molecule has 0 aliphatic heterocycles. The third-order valence-electron chi connectivity index (χ3n) is 3.84. The molecule has 27 heavy (non-hydrogen) atoms. The van der Waals surface area contributed by atoms with Crippen LogP contribution in [0.15, 0.2) is 24.5 Å².